The van der Waals surface area contributed by atoms with Crippen molar-refractivity contribution in [3.63, 3.8) is 0 Å². The van der Waals surface area contributed by atoms with Crippen LogP contribution < -0.4 is 11.1 Å². The minimum atomic E-state index is -0.191. The topological polar surface area (TPSA) is 112 Å². The number of guanidine groups is 1. The highest BCUT2D eigenvalue weighted by Crippen LogP contribution is 2.24. The molecule has 3 N–H and O–H groups in total. The molecule has 35 heavy (non-hydrogen) atoms. The van der Waals surface area contributed by atoms with E-state index in [-0.39, 0.29) is 28.6 Å². The van der Waals surface area contributed by atoms with Gasteiger partial charge in [-0.25, -0.2) is 9.83 Å². The lowest BCUT2D eigenvalue weighted by Crippen LogP contribution is -2.36. The average molecular weight is 502 g/mol. The second kappa shape index (κ2) is 14.1. The number of hydrogen-bond acceptors (Lipinski definition) is 5. The first kappa shape index (κ1) is 27.8. The van der Waals surface area contributed by atoms with Gasteiger partial charge in [-0.05, 0) is 37.6 Å². The molecule has 9 nitrogen and oxygen atoms in total. The summed E-state index contributed by atoms with van der Waals surface area (Å²) in [6, 6.07) is 4.70. The highest BCUT2D eigenvalue weighted by Gasteiger charge is 2.21. The number of carbonyl (C=O) groups is 1. The van der Waals surface area contributed by atoms with Gasteiger partial charge in [-0.3, -0.25) is 4.79 Å². The standard InChI is InChI=1S/C14H17ClN2O3.C11H16N4/c1-20-17(19)11-7-8-12(13(15)9-11)14(18)16-10-5-3-2-4-6-10;1-13-11(12)14-10(15(2)3)9-7-5-4-6-8-9/h7-10H,2-6H2,1H3;4-7H,1,8H2,2-3H3,(H2,12,14)/p+1/b;10-9+. The van der Waals surface area contributed by atoms with Gasteiger partial charge in [-0.1, -0.05) is 55.2 Å². The number of nitrogens with two attached hydrogens (primary N) is 1. The van der Waals surface area contributed by atoms with E-state index in [1.807, 2.05) is 37.2 Å². The van der Waals surface area contributed by atoms with Gasteiger partial charge in [-0.15, -0.1) is 0 Å². The lowest BCUT2D eigenvalue weighted by molar-refractivity contribution is -0.736. The van der Waals surface area contributed by atoms with Crippen molar-refractivity contribution in [1.29, 1.82) is 0 Å². The number of rotatable bonds is 6. The summed E-state index contributed by atoms with van der Waals surface area (Å²) < 4.78 is 0. The van der Waals surface area contributed by atoms with Crippen LogP contribution in [0, 0.1) is 4.91 Å². The quantitative estimate of drug-likeness (QED) is 0.334. The number of nitrogens with zero attached hydrogens (tertiary/aromatic N) is 4. The molecule has 0 radical (unpaired) electrons. The molecule has 0 heterocycles. The van der Waals surface area contributed by atoms with Crippen LogP contribution >= 0.6 is 11.6 Å². The van der Waals surface area contributed by atoms with Crippen molar-refractivity contribution in [2.45, 2.75) is 44.6 Å². The summed E-state index contributed by atoms with van der Waals surface area (Å²) in [5.74, 6) is 0.818. The van der Waals surface area contributed by atoms with Crippen LogP contribution in [-0.4, -0.2) is 55.7 Å². The van der Waals surface area contributed by atoms with Crippen molar-refractivity contribution in [3.8, 4) is 0 Å². The summed E-state index contributed by atoms with van der Waals surface area (Å²) >= 11 is 6.06. The average Bonchev–Trinajstić information content (AvgIpc) is 2.87. The first-order valence-corrected chi connectivity index (χ1v) is 11.8. The molecule has 1 aromatic rings. The molecule has 2 aliphatic carbocycles. The number of benzene rings is 1. The number of nitrogens with one attached hydrogen (secondary N) is 1. The zero-order chi connectivity index (χ0) is 25.8. The summed E-state index contributed by atoms with van der Waals surface area (Å²) in [7, 11) is 5.12. The zero-order valence-corrected chi connectivity index (χ0v) is 21.3. The van der Waals surface area contributed by atoms with Gasteiger partial charge in [0.2, 0.25) is 5.96 Å². The van der Waals surface area contributed by atoms with Crippen molar-refractivity contribution in [2.75, 3.05) is 21.2 Å². The molecular formula is C25H34ClN6O3+. The van der Waals surface area contributed by atoms with Crippen molar-refractivity contribution in [3.05, 3.63) is 69.4 Å². The van der Waals surface area contributed by atoms with Gasteiger partial charge in [0, 0.05) is 32.3 Å². The van der Waals surface area contributed by atoms with Gasteiger partial charge in [0.05, 0.1) is 15.5 Å². The Kier molecular flexibility index (Phi) is 11.2. The molecule has 0 atom stereocenters. The van der Waals surface area contributed by atoms with Gasteiger partial charge in [-0.2, -0.15) is 4.99 Å². The monoisotopic (exact) mass is 501 g/mol. The minimum absolute atomic E-state index is 0.189. The summed E-state index contributed by atoms with van der Waals surface area (Å²) in [6.45, 7) is 3.34. The second-order valence-electron chi connectivity index (χ2n) is 8.28. The van der Waals surface area contributed by atoms with E-state index in [9.17, 15) is 9.70 Å². The number of carbonyl (C=O) groups excluding carboxylic acids is 1. The molecule has 0 saturated heterocycles. The van der Waals surface area contributed by atoms with Crippen LogP contribution in [-0.2, 0) is 4.84 Å². The Hall–Kier alpha value is -3.46. The predicted molar refractivity (Wildman–Crippen MR) is 141 cm³/mol. The molecule has 1 fully saturated rings. The third-order valence-electron chi connectivity index (χ3n) is 5.49. The second-order valence-corrected chi connectivity index (χ2v) is 8.68. The fourth-order valence-corrected chi connectivity index (χ4v) is 3.96. The van der Waals surface area contributed by atoms with Crippen LogP contribution in [0.3, 0.4) is 0 Å². The molecular weight excluding hydrogens is 468 g/mol. The summed E-state index contributed by atoms with van der Waals surface area (Å²) in [4.78, 5) is 38.0. The molecule has 0 bridgehead atoms. The van der Waals surface area contributed by atoms with Crippen molar-refractivity contribution in [1.82, 2.24) is 10.2 Å². The lowest BCUT2D eigenvalue weighted by Gasteiger charge is -2.22. The number of halogens is 1. The Morgan fingerprint density at radius 2 is 1.97 bits per heavy atom. The van der Waals surface area contributed by atoms with E-state index in [1.54, 1.807) is 6.07 Å². The van der Waals surface area contributed by atoms with Gasteiger partial charge < -0.3 is 16.0 Å². The molecule has 0 aromatic heterocycles. The van der Waals surface area contributed by atoms with Gasteiger partial charge in [0.1, 0.15) is 5.82 Å². The lowest BCUT2D eigenvalue weighted by atomic mass is 9.95. The number of allylic oxidation sites excluding steroid dienone is 5. The van der Waals surface area contributed by atoms with Crippen molar-refractivity contribution >= 4 is 35.9 Å². The minimum Gasteiger partial charge on any atom is -0.368 e. The highest BCUT2D eigenvalue weighted by atomic mass is 35.5. The fraction of sp³-hybridized carbons (Fsp3) is 0.400. The molecule has 0 unspecified atom stereocenters. The van der Waals surface area contributed by atoms with Gasteiger partial charge in [0.15, 0.2) is 7.11 Å². The summed E-state index contributed by atoms with van der Waals surface area (Å²) in [5, 5.41) is 3.24. The molecule has 0 spiro atoms. The van der Waals surface area contributed by atoms with Gasteiger partial charge >= 0.3 is 5.69 Å². The SMILES string of the molecule is C=N/C(N)=N\C(=C1\C=CC=CC1)N(C)C.CO[N+](=O)c1ccc(C(=O)NC2CCCCC2)c(Cl)c1. The maximum atomic E-state index is 12.2. The van der Waals surface area contributed by atoms with E-state index in [4.69, 9.17) is 17.3 Å². The smallest absolute Gasteiger partial charge is 0.318 e. The van der Waals surface area contributed by atoms with E-state index >= 15 is 0 Å². The molecule has 1 amide bonds. The third kappa shape index (κ3) is 8.68. The van der Waals surface area contributed by atoms with E-state index in [1.165, 1.54) is 25.7 Å². The maximum absolute atomic E-state index is 12.2. The highest BCUT2D eigenvalue weighted by molar-refractivity contribution is 6.34. The zero-order valence-electron chi connectivity index (χ0n) is 20.5. The van der Waals surface area contributed by atoms with Crippen molar-refractivity contribution < 1.29 is 14.6 Å². The Morgan fingerprint density at radius 1 is 1.26 bits per heavy atom. The number of hydrogen-bond donors (Lipinski definition) is 2. The molecule has 188 valence electrons. The molecule has 0 aliphatic heterocycles. The van der Waals surface area contributed by atoms with E-state index in [0.717, 1.165) is 43.5 Å². The Balaban J connectivity index is 0.000000258. The number of aliphatic imine (C=N–C) groups is 2. The van der Waals surface area contributed by atoms with Crippen LogP contribution in [0.4, 0.5) is 5.69 Å². The van der Waals surface area contributed by atoms with Gasteiger partial charge in [0.25, 0.3) is 10.8 Å². The Morgan fingerprint density at radius 3 is 2.51 bits per heavy atom. The van der Waals surface area contributed by atoms with Crippen LogP contribution in [0.5, 0.6) is 0 Å². The number of amides is 1. The molecule has 2 aliphatic rings. The van der Waals surface area contributed by atoms with Crippen molar-refractivity contribution in [2.24, 2.45) is 15.7 Å². The fourth-order valence-electron chi connectivity index (χ4n) is 3.70. The summed E-state index contributed by atoms with van der Waals surface area (Å²) in [6.07, 6.45) is 14.5. The maximum Gasteiger partial charge on any atom is 0.318 e. The molecule has 10 heteroatoms. The van der Waals surface area contributed by atoms with E-state index < -0.39 is 0 Å². The summed E-state index contributed by atoms with van der Waals surface area (Å²) in [5.41, 5.74) is 7.29. The van der Waals surface area contributed by atoms with Crippen LogP contribution in [0.15, 0.2) is 63.9 Å². The molecule has 1 aromatic carbocycles. The van der Waals surface area contributed by atoms with Crippen LogP contribution in [0.1, 0.15) is 48.9 Å². The Bertz CT molecular complexity index is 1040. The largest absolute Gasteiger partial charge is 0.368 e. The molecule has 3 rings (SSSR count). The van der Waals surface area contributed by atoms with E-state index in [2.05, 4.69) is 32.9 Å². The van der Waals surface area contributed by atoms with Crippen LogP contribution in [0.25, 0.3) is 0 Å². The first-order valence-electron chi connectivity index (χ1n) is 11.4. The third-order valence-corrected chi connectivity index (χ3v) is 5.80. The predicted octanol–water partition coefficient (Wildman–Crippen LogP) is 4.67. The first-order chi connectivity index (χ1) is 16.8. The van der Waals surface area contributed by atoms with E-state index in [0.29, 0.717) is 10.5 Å². The Labute approximate surface area is 211 Å². The molecule has 1 saturated carbocycles. The normalized spacial score (nSPS) is 17.1. The van der Waals surface area contributed by atoms with Crippen LogP contribution in [0.2, 0.25) is 5.02 Å².